The predicted octanol–water partition coefficient (Wildman–Crippen LogP) is 10.1. The molecule has 0 radical (unpaired) electrons. The predicted molar refractivity (Wildman–Crippen MR) is 239 cm³/mol. The van der Waals surface area contributed by atoms with Gasteiger partial charge in [-0.3, -0.25) is 4.79 Å². The number of aliphatic hydroxyl groups is 2. The van der Waals surface area contributed by atoms with Gasteiger partial charge in [0.05, 0.1) is 0 Å². The molecule has 4 atom stereocenters. The van der Waals surface area contributed by atoms with Gasteiger partial charge in [-0.15, -0.1) is 0 Å². The van der Waals surface area contributed by atoms with Crippen molar-refractivity contribution in [2.75, 3.05) is 0 Å². The van der Waals surface area contributed by atoms with Crippen LogP contribution >= 0.6 is 46.4 Å². The Morgan fingerprint density at radius 1 is 0.613 bits per heavy atom. The maximum atomic E-state index is 12.5. The summed E-state index contributed by atoms with van der Waals surface area (Å²) in [5.41, 5.74) is -0.630. The lowest BCUT2D eigenvalue weighted by Gasteiger charge is -2.32. The highest BCUT2D eigenvalue weighted by Gasteiger charge is 2.37. The first kappa shape index (κ1) is 47.6. The van der Waals surface area contributed by atoms with E-state index in [0.29, 0.717) is 48.3 Å². The van der Waals surface area contributed by atoms with Gasteiger partial charge in [0.1, 0.15) is 54.8 Å². The van der Waals surface area contributed by atoms with Crippen molar-refractivity contribution < 1.29 is 24.5 Å². The van der Waals surface area contributed by atoms with E-state index in [1.54, 1.807) is 97.3 Å². The summed E-state index contributed by atoms with van der Waals surface area (Å²) in [5, 5.41) is 32.3. The third-order valence-electron chi connectivity index (χ3n) is 9.13. The van der Waals surface area contributed by atoms with Crippen LogP contribution in [-0.2, 0) is 10.4 Å². The summed E-state index contributed by atoms with van der Waals surface area (Å²) >= 11 is 23.9. The summed E-state index contributed by atoms with van der Waals surface area (Å²) in [6, 6.07) is 27.9. The third-order valence-corrected chi connectivity index (χ3v) is 10.2. The molecule has 0 amide bonds. The molecule has 4 aromatic carbocycles. The fraction of sp³-hybridized carbons (Fsp3) is 0.267. The Kier molecular flexibility index (Phi) is 16.2. The van der Waals surface area contributed by atoms with Crippen LogP contribution in [0.15, 0.2) is 141 Å². The maximum Gasteiger partial charge on any atom is 0.252 e. The molecule has 0 saturated carbocycles. The molecule has 7 aromatic rings. The second-order valence-corrected chi connectivity index (χ2v) is 17.6. The quantitative estimate of drug-likeness (QED) is 0.127. The van der Waals surface area contributed by atoms with Crippen molar-refractivity contribution in [3.63, 3.8) is 0 Å². The monoisotopic (exact) mass is 918 g/mol. The molecule has 0 aliphatic rings. The largest absolute Gasteiger partial charge is 0.466 e. The Hall–Kier alpha value is -5.41. The molecule has 17 heteroatoms. The van der Waals surface area contributed by atoms with E-state index in [1.807, 2.05) is 53.7 Å². The molecule has 62 heavy (non-hydrogen) atoms. The molecule has 0 fully saturated rings. The Bertz CT molecular complexity index is 2430. The van der Waals surface area contributed by atoms with E-state index in [9.17, 15) is 15.0 Å². The van der Waals surface area contributed by atoms with Crippen LogP contribution in [0.3, 0.4) is 0 Å². The Labute approximate surface area is 380 Å². The van der Waals surface area contributed by atoms with Gasteiger partial charge in [-0.1, -0.05) is 118 Å². The van der Waals surface area contributed by atoms with Crippen LogP contribution in [0, 0.1) is 10.8 Å². The molecule has 0 aliphatic carbocycles. The normalized spacial score (nSPS) is 13.8. The van der Waals surface area contributed by atoms with E-state index in [1.165, 1.54) is 41.0 Å². The number of aromatic nitrogens is 8. The van der Waals surface area contributed by atoms with Crippen molar-refractivity contribution in [3.8, 4) is 11.5 Å². The third kappa shape index (κ3) is 12.6. The summed E-state index contributed by atoms with van der Waals surface area (Å²) in [6.45, 7) is 11.3. The molecule has 2 N–H and O–H groups in total. The van der Waals surface area contributed by atoms with Crippen molar-refractivity contribution in [1.29, 1.82) is 0 Å². The van der Waals surface area contributed by atoms with Crippen molar-refractivity contribution in [3.05, 3.63) is 178 Å². The van der Waals surface area contributed by atoms with E-state index in [4.69, 9.17) is 55.9 Å². The molecule has 324 valence electrons. The van der Waals surface area contributed by atoms with E-state index in [0.717, 1.165) is 0 Å². The summed E-state index contributed by atoms with van der Waals surface area (Å²) in [4.78, 5) is 28.3. The maximum absolute atomic E-state index is 12.5. The summed E-state index contributed by atoms with van der Waals surface area (Å²) in [5.74, 6) is 1.07. The lowest BCUT2D eigenvalue weighted by atomic mass is 9.81. The Morgan fingerprint density at radius 3 is 1.56 bits per heavy atom. The number of hydrogen-bond donors (Lipinski definition) is 2. The molecule has 3 aromatic heterocycles. The number of ether oxygens (including phenoxy) is 2. The molecule has 13 nitrogen and oxygen atoms in total. The highest BCUT2D eigenvalue weighted by Crippen LogP contribution is 2.40. The minimum atomic E-state index is -1.45. The Morgan fingerprint density at radius 2 is 1.10 bits per heavy atom. The number of Topliss-reactive ketones (excluding diaryl/α,β-unsaturated/α-hetero) is 1. The van der Waals surface area contributed by atoms with E-state index in [-0.39, 0.29) is 11.2 Å². The van der Waals surface area contributed by atoms with Gasteiger partial charge in [0.2, 0.25) is 12.0 Å². The molecular weight excluding hydrogens is 874 g/mol. The highest BCUT2D eigenvalue weighted by molar-refractivity contribution is 6.32. The van der Waals surface area contributed by atoms with Crippen LogP contribution in [0.2, 0.25) is 20.1 Å². The molecule has 0 bridgehead atoms. The molecular formula is C45H46Cl4N8O5. The molecule has 0 saturated heterocycles. The van der Waals surface area contributed by atoms with Gasteiger partial charge in [0.25, 0.3) is 6.23 Å². The lowest BCUT2D eigenvalue weighted by Crippen LogP contribution is -2.38. The fourth-order valence-electron chi connectivity index (χ4n) is 5.68. The summed E-state index contributed by atoms with van der Waals surface area (Å²) in [6.07, 6.45) is 8.08. The zero-order valence-electron chi connectivity index (χ0n) is 34.7. The minimum Gasteiger partial charge on any atom is -0.466 e. The zero-order chi connectivity index (χ0) is 45.1. The van der Waals surface area contributed by atoms with Crippen LogP contribution in [-0.4, -0.2) is 61.6 Å². The van der Waals surface area contributed by atoms with Gasteiger partial charge in [-0.05, 0) is 77.7 Å². The van der Waals surface area contributed by atoms with Crippen molar-refractivity contribution in [2.24, 2.45) is 10.8 Å². The van der Waals surface area contributed by atoms with Crippen molar-refractivity contribution in [1.82, 2.24) is 39.5 Å². The summed E-state index contributed by atoms with van der Waals surface area (Å²) < 4.78 is 14.5. The number of carbonyl (C=O) groups is 1. The van der Waals surface area contributed by atoms with Gasteiger partial charge < -0.3 is 19.7 Å². The minimum absolute atomic E-state index is 0.0852. The number of benzene rings is 4. The second kappa shape index (κ2) is 21.1. The van der Waals surface area contributed by atoms with Gasteiger partial charge in [-0.25, -0.2) is 29.3 Å². The number of ketones is 1. The first-order valence-electron chi connectivity index (χ1n) is 19.1. The average Bonchev–Trinajstić information content (AvgIpc) is 4.00. The van der Waals surface area contributed by atoms with Gasteiger partial charge in [0.15, 0.2) is 0 Å². The number of carbonyl (C=O) groups excluding carboxylic acids is 1. The van der Waals surface area contributed by atoms with Gasteiger partial charge >= 0.3 is 0 Å². The van der Waals surface area contributed by atoms with Gasteiger partial charge in [0, 0.05) is 49.0 Å². The van der Waals surface area contributed by atoms with E-state index in [2.05, 4.69) is 30.1 Å². The number of aliphatic hydroxyl groups excluding tert-OH is 1. The number of halogens is 4. The van der Waals surface area contributed by atoms with E-state index < -0.39 is 29.6 Å². The molecule has 4 unspecified atom stereocenters. The SMILES string of the molecule is CC(C)(C)C(=O)C(Oc1ccc(Cl)cc1)n1cncn1.CC(C)(C)C(O)C(Oc1ccc(Cl)cc1)n1cncn1.OC(c1ccc(Cl)cc1)(c1cncnc1)c1ccccc1Cl. The van der Waals surface area contributed by atoms with Crippen molar-refractivity contribution >= 4 is 52.2 Å². The first-order valence-corrected chi connectivity index (χ1v) is 20.6. The topological polar surface area (TPSA) is 163 Å². The second-order valence-electron chi connectivity index (χ2n) is 15.9. The van der Waals surface area contributed by atoms with E-state index >= 15 is 0 Å². The Balaban J connectivity index is 0.000000176. The first-order chi connectivity index (χ1) is 29.4. The molecule has 0 aliphatic heterocycles. The van der Waals surface area contributed by atoms with Crippen molar-refractivity contribution in [2.45, 2.75) is 65.7 Å². The molecule has 7 rings (SSSR count). The highest BCUT2D eigenvalue weighted by atomic mass is 35.5. The molecule has 0 spiro atoms. The number of nitrogens with zero attached hydrogens (tertiary/aromatic N) is 8. The van der Waals surface area contributed by atoms with Crippen LogP contribution in [0.4, 0.5) is 0 Å². The van der Waals surface area contributed by atoms with Crippen LogP contribution < -0.4 is 9.47 Å². The zero-order valence-corrected chi connectivity index (χ0v) is 37.7. The number of rotatable bonds is 11. The smallest absolute Gasteiger partial charge is 0.252 e. The lowest BCUT2D eigenvalue weighted by molar-refractivity contribution is -0.138. The van der Waals surface area contributed by atoms with Crippen LogP contribution in [0.1, 0.15) is 70.7 Å². The molecule has 3 heterocycles. The summed E-state index contributed by atoms with van der Waals surface area (Å²) in [7, 11) is 0. The average molecular weight is 921 g/mol. The number of hydrogen-bond acceptors (Lipinski definition) is 11. The standard InChI is InChI=1S/C17H12Cl2N2O.C14H18ClN3O2.C14H16ClN3O2/c18-14-7-5-12(6-8-14)17(22,13-9-20-11-21-10-13)15-3-1-2-4-16(15)19;2*1-14(2,3)12(19)13(18-9-16-8-17-18)20-11-6-4-10(15)5-7-11/h1-11,22H;4-9,12-13,19H,1-3H3;4-9,13H,1-3H3. The van der Waals surface area contributed by atoms with Crippen LogP contribution in [0.25, 0.3) is 0 Å². The van der Waals surface area contributed by atoms with Gasteiger partial charge in [-0.2, -0.15) is 10.2 Å². The fourth-order valence-corrected chi connectivity index (χ4v) is 6.33. The van der Waals surface area contributed by atoms with Crippen LogP contribution in [0.5, 0.6) is 11.5 Å².